The van der Waals surface area contributed by atoms with Crippen LogP contribution < -0.4 is 5.73 Å². The maximum absolute atomic E-state index is 14.1. The Balaban J connectivity index is 2.73. The Morgan fingerprint density at radius 2 is 2.11 bits per heavy atom. The molecule has 0 bridgehead atoms. The SMILES string of the molecule is CC(C)CCN(C)Cc1cccc(C(N)=S)c1F. The third-order valence-corrected chi connectivity index (χ3v) is 3.09. The van der Waals surface area contributed by atoms with E-state index < -0.39 is 0 Å². The zero-order valence-corrected chi connectivity index (χ0v) is 12.1. The lowest BCUT2D eigenvalue weighted by atomic mass is 10.1. The molecule has 0 aromatic heterocycles. The van der Waals surface area contributed by atoms with Gasteiger partial charge in [-0.3, -0.25) is 0 Å². The van der Waals surface area contributed by atoms with Crippen molar-refractivity contribution in [3.8, 4) is 0 Å². The molecule has 100 valence electrons. The Hall–Kier alpha value is -1.00. The van der Waals surface area contributed by atoms with Crippen LogP contribution in [0, 0.1) is 11.7 Å². The van der Waals surface area contributed by atoms with Crippen LogP contribution in [-0.4, -0.2) is 23.5 Å². The minimum Gasteiger partial charge on any atom is -0.389 e. The zero-order chi connectivity index (χ0) is 13.7. The molecular weight excluding hydrogens is 247 g/mol. The van der Waals surface area contributed by atoms with Crippen LogP contribution in [0.5, 0.6) is 0 Å². The van der Waals surface area contributed by atoms with Crippen LogP contribution in [0.1, 0.15) is 31.4 Å². The fourth-order valence-electron chi connectivity index (χ4n) is 1.74. The van der Waals surface area contributed by atoms with Crippen LogP contribution in [-0.2, 0) is 6.54 Å². The smallest absolute Gasteiger partial charge is 0.137 e. The fourth-order valence-corrected chi connectivity index (χ4v) is 1.90. The van der Waals surface area contributed by atoms with Crippen molar-refractivity contribution in [2.75, 3.05) is 13.6 Å². The highest BCUT2D eigenvalue weighted by molar-refractivity contribution is 7.80. The molecule has 0 amide bonds. The molecule has 0 radical (unpaired) electrons. The lowest BCUT2D eigenvalue weighted by molar-refractivity contribution is 0.299. The van der Waals surface area contributed by atoms with Crippen molar-refractivity contribution in [3.05, 3.63) is 35.1 Å². The fraction of sp³-hybridized carbons (Fsp3) is 0.500. The predicted octanol–water partition coefficient (Wildman–Crippen LogP) is 2.94. The molecule has 0 fully saturated rings. The summed E-state index contributed by atoms with van der Waals surface area (Å²) >= 11 is 4.83. The molecule has 2 N–H and O–H groups in total. The van der Waals surface area contributed by atoms with Crippen molar-refractivity contribution in [2.45, 2.75) is 26.8 Å². The third-order valence-electron chi connectivity index (χ3n) is 2.87. The van der Waals surface area contributed by atoms with E-state index in [4.69, 9.17) is 18.0 Å². The van der Waals surface area contributed by atoms with Crippen molar-refractivity contribution in [2.24, 2.45) is 11.7 Å². The summed E-state index contributed by atoms with van der Waals surface area (Å²) < 4.78 is 14.1. The van der Waals surface area contributed by atoms with Crippen molar-refractivity contribution >= 4 is 17.2 Å². The number of hydrogen-bond acceptors (Lipinski definition) is 2. The van der Waals surface area contributed by atoms with E-state index in [-0.39, 0.29) is 10.8 Å². The van der Waals surface area contributed by atoms with Crippen molar-refractivity contribution in [1.29, 1.82) is 0 Å². The maximum Gasteiger partial charge on any atom is 0.137 e. The van der Waals surface area contributed by atoms with E-state index in [0.29, 0.717) is 23.6 Å². The zero-order valence-electron chi connectivity index (χ0n) is 11.2. The molecule has 0 saturated heterocycles. The number of halogens is 1. The molecule has 1 aromatic carbocycles. The minimum absolute atomic E-state index is 0.110. The van der Waals surface area contributed by atoms with Crippen LogP contribution in [0.2, 0.25) is 0 Å². The quantitative estimate of drug-likeness (QED) is 0.804. The van der Waals surface area contributed by atoms with Crippen LogP contribution >= 0.6 is 12.2 Å². The van der Waals surface area contributed by atoms with E-state index in [9.17, 15) is 4.39 Å². The summed E-state index contributed by atoms with van der Waals surface area (Å²) in [6, 6.07) is 5.20. The maximum atomic E-state index is 14.1. The Labute approximate surface area is 114 Å². The molecule has 0 aliphatic rings. The molecule has 4 heteroatoms. The molecule has 0 heterocycles. The number of benzene rings is 1. The van der Waals surface area contributed by atoms with Gasteiger partial charge < -0.3 is 10.6 Å². The number of nitrogens with two attached hydrogens (primary N) is 1. The molecule has 0 saturated carbocycles. The summed E-state index contributed by atoms with van der Waals surface area (Å²) in [6.07, 6.45) is 1.10. The molecule has 0 aliphatic heterocycles. The number of nitrogens with zero attached hydrogens (tertiary/aromatic N) is 1. The van der Waals surface area contributed by atoms with E-state index in [1.807, 2.05) is 7.05 Å². The molecule has 18 heavy (non-hydrogen) atoms. The lowest BCUT2D eigenvalue weighted by Crippen LogP contribution is -2.22. The minimum atomic E-state index is -0.290. The van der Waals surface area contributed by atoms with Crippen LogP contribution in [0.15, 0.2) is 18.2 Å². The van der Waals surface area contributed by atoms with Gasteiger partial charge in [0, 0.05) is 17.7 Å². The van der Waals surface area contributed by atoms with Gasteiger partial charge in [0.25, 0.3) is 0 Å². The molecule has 1 aromatic rings. The first-order chi connectivity index (χ1) is 8.41. The van der Waals surface area contributed by atoms with Gasteiger partial charge in [-0.05, 0) is 32.0 Å². The van der Waals surface area contributed by atoms with Gasteiger partial charge in [-0.15, -0.1) is 0 Å². The topological polar surface area (TPSA) is 29.3 Å². The molecule has 0 aliphatic carbocycles. The van der Waals surface area contributed by atoms with Gasteiger partial charge in [-0.2, -0.15) is 0 Å². The second kappa shape index (κ2) is 6.81. The van der Waals surface area contributed by atoms with Gasteiger partial charge >= 0.3 is 0 Å². The van der Waals surface area contributed by atoms with E-state index in [2.05, 4.69) is 18.7 Å². The summed E-state index contributed by atoms with van der Waals surface area (Å²) in [5.41, 5.74) is 6.47. The van der Waals surface area contributed by atoms with Crippen molar-refractivity contribution in [1.82, 2.24) is 4.90 Å². The first kappa shape index (κ1) is 15.1. The Kier molecular flexibility index (Phi) is 5.69. The number of thiocarbonyl (C=S) groups is 1. The van der Waals surface area contributed by atoms with Gasteiger partial charge in [-0.1, -0.05) is 38.2 Å². The summed E-state index contributed by atoms with van der Waals surface area (Å²) in [7, 11) is 2.00. The van der Waals surface area contributed by atoms with Crippen LogP contribution in [0.4, 0.5) is 4.39 Å². The number of hydrogen-bond donors (Lipinski definition) is 1. The molecule has 2 nitrogen and oxygen atoms in total. The molecule has 1 rings (SSSR count). The normalized spacial score (nSPS) is 11.2. The lowest BCUT2D eigenvalue weighted by Gasteiger charge is -2.18. The first-order valence-electron chi connectivity index (χ1n) is 6.17. The first-order valence-corrected chi connectivity index (χ1v) is 6.58. The second-order valence-electron chi connectivity index (χ2n) is 5.06. The van der Waals surface area contributed by atoms with E-state index >= 15 is 0 Å². The average molecular weight is 268 g/mol. The van der Waals surface area contributed by atoms with Crippen LogP contribution in [0.3, 0.4) is 0 Å². The van der Waals surface area contributed by atoms with E-state index in [1.54, 1.807) is 18.2 Å². The molecule has 0 spiro atoms. The summed E-state index contributed by atoms with van der Waals surface area (Å²) in [6.45, 7) is 5.90. The molecule has 0 atom stereocenters. The average Bonchev–Trinajstić information content (AvgIpc) is 2.29. The number of rotatable bonds is 6. The molecular formula is C14H21FN2S. The Bertz CT molecular complexity index is 418. The van der Waals surface area contributed by atoms with Gasteiger partial charge in [0.15, 0.2) is 0 Å². The van der Waals surface area contributed by atoms with Gasteiger partial charge in [-0.25, -0.2) is 4.39 Å². The summed E-state index contributed by atoms with van der Waals surface area (Å²) in [4.78, 5) is 2.22. The molecule has 0 unspecified atom stereocenters. The highest BCUT2D eigenvalue weighted by Crippen LogP contribution is 2.15. The predicted molar refractivity (Wildman–Crippen MR) is 78.1 cm³/mol. The van der Waals surface area contributed by atoms with Gasteiger partial charge in [0.2, 0.25) is 0 Å². The highest BCUT2D eigenvalue weighted by atomic mass is 32.1. The largest absolute Gasteiger partial charge is 0.389 e. The summed E-state index contributed by atoms with van der Waals surface area (Å²) in [5, 5.41) is 0. The standard InChI is InChI=1S/C14H21FN2S/c1-10(2)7-8-17(3)9-11-5-4-6-12(13(11)15)14(16)18/h4-6,10H,7-9H2,1-3H3,(H2,16,18). The van der Waals surface area contributed by atoms with E-state index in [1.165, 1.54) is 0 Å². The van der Waals surface area contributed by atoms with Crippen molar-refractivity contribution < 1.29 is 4.39 Å². The highest BCUT2D eigenvalue weighted by Gasteiger charge is 2.11. The Morgan fingerprint density at radius 3 is 2.67 bits per heavy atom. The van der Waals surface area contributed by atoms with E-state index in [0.717, 1.165) is 13.0 Å². The van der Waals surface area contributed by atoms with Crippen molar-refractivity contribution in [3.63, 3.8) is 0 Å². The van der Waals surface area contributed by atoms with Gasteiger partial charge in [0.05, 0.1) is 0 Å². The van der Waals surface area contributed by atoms with Crippen LogP contribution in [0.25, 0.3) is 0 Å². The third kappa shape index (κ3) is 4.35. The second-order valence-corrected chi connectivity index (χ2v) is 5.50. The Morgan fingerprint density at radius 1 is 1.44 bits per heavy atom. The summed E-state index contributed by atoms with van der Waals surface area (Å²) in [5.74, 6) is 0.363. The monoisotopic (exact) mass is 268 g/mol. The van der Waals surface area contributed by atoms with Gasteiger partial charge in [0.1, 0.15) is 10.8 Å².